The van der Waals surface area contributed by atoms with Gasteiger partial charge in [-0.25, -0.2) is 0 Å². The molecule has 5 nitrogen and oxygen atoms in total. The summed E-state index contributed by atoms with van der Waals surface area (Å²) < 4.78 is 40.0. The van der Waals surface area contributed by atoms with Crippen LogP contribution in [0.25, 0.3) is 0 Å². The number of hydrogen-bond donors (Lipinski definition) is 2. The number of carboxylic acids is 1. The molecular weight excluding hydrogens is 379 g/mol. The minimum Gasteiger partial charge on any atom is -0.481 e. The number of amides is 1. The summed E-state index contributed by atoms with van der Waals surface area (Å²) in [6.07, 6.45) is -4.80. The molecular formula is C11H9BrF3NO4S. The largest absolute Gasteiger partial charge is 0.573 e. The number of anilines is 1. The van der Waals surface area contributed by atoms with Crippen molar-refractivity contribution in [3.8, 4) is 5.75 Å². The Balaban J connectivity index is 2.59. The zero-order valence-corrected chi connectivity index (χ0v) is 12.6. The first-order valence-electron chi connectivity index (χ1n) is 5.32. The fourth-order valence-corrected chi connectivity index (χ4v) is 2.21. The van der Waals surface area contributed by atoms with Crippen molar-refractivity contribution in [1.82, 2.24) is 0 Å². The lowest BCUT2D eigenvalue weighted by Crippen LogP contribution is -2.18. The van der Waals surface area contributed by atoms with E-state index in [-0.39, 0.29) is 21.7 Å². The van der Waals surface area contributed by atoms with Crippen molar-refractivity contribution in [3.05, 3.63) is 22.7 Å². The van der Waals surface area contributed by atoms with Crippen molar-refractivity contribution in [1.29, 1.82) is 0 Å². The number of carbonyl (C=O) groups excluding carboxylic acids is 1. The van der Waals surface area contributed by atoms with Crippen molar-refractivity contribution < 1.29 is 32.6 Å². The lowest BCUT2D eigenvalue weighted by Gasteiger charge is -2.12. The number of rotatable bonds is 6. The topological polar surface area (TPSA) is 75.6 Å². The molecule has 21 heavy (non-hydrogen) atoms. The van der Waals surface area contributed by atoms with E-state index in [4.69, 9.17) is 5.11 Å². The third-order valence-electron chi connectivity index (χ3n) is 1.90. The summed E-state index contributed by atoms with van der Waals surface area (Å²) in [6, 6.07) is 3.55. The van der Waals surface area contributed by atoms with E-state index in [1.165, 1.54) is 12.1 Å². The molecule has 0 aromatic heterocycles. The van der Waals surface area contributed by atoms with Crippen LogP contribution >= 0.6 is 27.7 Å². The highest BCUT2D eigenvalue weighted by Gasteiger charge is 2.31. The van der Waals surface area contributed by atoms with Gasteiger partial charge < -0.3 is 15.2 Å². The highest BCUT2D eigenvalue weighted by Crippen LogP contribution is 2.32. The molecule has 0 bridgehead atoms. The summed E-state index contributed by atoms with van der Waals surface area (Å²) in [5.74, 6) is -2.22. The van der Waals surface area contributed by atoms with Crippen LogP contribution in [0, 0.1) is 0 Å². The second-order valence-electron chi connectivity index (χ2n) is 3.63. The molecule has 0 heterocycles. The molecule has 10 heteroatoms. The quantitative estimate of drug-likeness (QED) is 0.784. The van der Waals surface area contributed by atoms with E-state index in [0.717, 1.165) is 17.8 Å². The van der Waals surface area contributed by atoms with E-state index >= 15 is 0 Å². The summed E-state index contributed by atoms with van der Waals surface area (Å²) in [5, 5.41) is 10.8. The molecule has 1 aromatic rings. The van der Waals surface area contributed by atoms with Gasteiger partial charge in [0.1, 0.15) is 5.75 Å². The van der Waals surface area contributed by atoms with Gasteiger partial charge in [0.15, 0.2) is 0 Å². The molecule has 0 aliphatic rings. The Kier molecular flexibility index (Phi) is 6.34. The summed E-state index contributed by atoms with van der Waals surface area (Å²) in [6.45, 7) is 0. The average Bonchev–Trinajstić information content (AvgIpc) is 2.30. The SMILES string of the molecule is O=C(O)CSCC(=O)Nc1ccc(OC(F)(F)F)c(Br)c1. The molecule has 2 N–H and O–H groups in total. The molecule has 0 spiro atoms. The first kappa shape index (κ1) is 17.6. The predicted octanol–water partition coefficient (Wildman–Crippen LogP) is 3.10. The second-order valence-corrected chi connectivity index (χ2v) is 5.47. The van der Waals surface area contributed by atoms with Crippen LogP contribution in [-0.2, 0) is 9.59 Å². The molecule has 1 amide bonds. The van der Waals surface area contributed by atoms with Crippen molar-refractivity contribution in [2.45, 2.75) is 6.36 Å². The molecule has 0 unspecified atom stereocenters. The van der Waals surface area contributed by atoms with Gasteiger partial charge in [0, 0.05) is 5.69 Å². The zero-order valence-electron chi connectivity index (χ0n) is 10.2. The van der Waals surface area contributed by atoms with Crippen LogP contribution in [0.3, 0.4) is 0 Å². The summed E-state index contributed by atoms with van der Waals surface area (Å²) >= 11 is 3.81. The molecule has 116 valence electrons. The standard InChI is InChI=1S/C11H9BrF3NO4S/c12-7-3-6(1-2-8(7)20-11(13,14)15)16-9(17)4-21-5-10(18)19/h1-3H,4-5H2,(H,16,17)(H,18,19). The Hall–Kier alpha value is -1.42. The number of halogens is 4. The third-order valence-corrected chi connectivity index (χ3v) is 3.44. The first-order chi connectivity index (χ1) is 9.67. The monoisotopic (exact) mass is 387 g/mol. The van der Waals surface area contributed by atoms with Gasteiger partial charge in [-0.2, -0.15) is 0 Å². The highest BCUT2D eigenvalue weighted by atomic mass is 79.9. The van der Waals surface area contributed by atoms with Gasteiger partial charge in [-0.3, -0.25) is 9.59 Å². The number of carbonyl (C=O) groups is 2. The Bertz CT molecular complexity index is 539. The van der Waals surface area contributed by atoms with Gasteiger partial charge in [-0.1, -0.05) is 0 Å². The molecule has 0 aliphatic carbocycles. The molecule has 0 radical (unpaired) electrons. The Morgan fingerprint density at radius 2 is 2.00 bits per heavy atom. The normalized spacial score (nSPS) is 11.0. The van der Waals surface area contributed by atoms with Crippen molar-refractivity contribution in [2.75, 3.05) is 16.8 Å². The van der Waals surface area contributed by atoms with E-state index in [1.807, 2.05) is 0 Å². The van der Waals surface area contributed by atoms with Gasteiger partial charge in [0.05, 0.1) is 16.0 Å². The number of carboxylic acid groups (broad SMARTS) is 1. The molecule has 1 aromatic carbocycles. The molecule has 0 aliphatic heterocycles. The summed E-state index contributed by atoms with van der Waals surface area (Å²) in [5.41, 5.74) is 0.261. The number of alkyl halides is 3. The van der Waals surface area contributed by atoms with Crippen molar-refractivity contribution in [2.24, 2.45) is 0 Å². The van der Waals surface area contributed by atoms with Gasteiger partial charge >= 0.3 is 12.3 Å². The number of benzene rings is 1. The van der Waals surface area contributed by atoms with Crippen LogP contribution in [0.5, 0.6) is 5.75 Å². The predicted molar refractivity (Wildman–Crippen MR) is 74.4 cm³/mol. The van der Waals surface area contributed by atoms with E-state index < -0.39 is 24.0 Å². The molecule has 1 rings (SSSR count). The minimum atomic E-state index is -4.80. The number of nitrogens with one attached hydrogen (secondary N) is 1. The summed E-state index contributed by atoms with van der Waals surface area (Å²) in [4.78, 5) is 21.7. The zero-order chi connectivity index (χ0) is 16.0. The van der Waals surface area contributed by atoms with Crippen LogP contribution in [0.1, 0.15) is 0 Å². The van der Waals surface area contributed by atoms with Gasteiger partial charge in [0.2, 0.25) is 5.91 Å². The Labute approximate surface area is 130 Å². The fraction of sp³-hybridized carbons (Fsp3) is 0.273. The number of hydrogen-bond acceptors (Lipinski definition) is 4. The Morgan fingerprint density at radius 3 is 2.52 bits per heavy atom. The second kappa shape index (κ2) is 7.55. The van der Waals surface area contributed by atoms with Gasteiger partial charge in [-0.05, 0) is 34.1 Å². The van der Waals surface area contributed by atoms with Crippen LogP contribution in [-0.4, -0.2) is 34.9 Å². The third kappa shape index (κ3) is 7.23. The maximum absolute atomic E-state index is 12.1. The maximum atomic E-state index is 12.1. The molecule has 0 atom stereocenters. The average molecular weight is 388 g/mol. The van der Waals surface area contributed by atoms with Gasteiger partial charge in [0.25, 0.3) is 0 Å². The fourth-order valence-electron chi connectivity index (χ4n) is 1.21. The Morgan fingerprint density at radius 1 is 1.33 bits per heavy atom. The minimum absolute atomic E-state index is 0.0239. The van der Waals surface area contributed by atoms with Gasteiger partial charge in [-0.15, -0.1) is 24.9 Å². The molecule has 0 fully saturated rings. The van der Waals surface area contributed by atoms with E-state index in [0.29, 0.717) is 0 Å². The van der Waals surface area contributed by atoms with Crippen molar-refractivity contribution >= 4 is 45.3 Å². The number of thioether (sulfide) groups is 1. The molecule has 0 saturated carbocycles. The number of aliphatic carboxylic acids is 1. The smallest absolute Gasteiger partial charge is 0.481 e. The summed E-state index contributed by atoms with van der Waals surface area (Å²) in [7, 11) is 0. The maximum Gasteiger partial charge on any atom is 0.573 e. The van der Waals surface area contributed by atoms with Crippen LogP contribution in [0.4, 0.5) is 18.9 Å². The van der Waals surface area contributed by atoms with Crippen molar-refractivity contribution in [3.63, 3.8) is 0 Å². The number of ether oxygens (including phenoxy) is 1. The van der Waals surface area contributed by atoms with E-state index in [2.05, 4.69) is 26.0 Å². The highest BCUT2D eigenvalue weighted by molar-refractivity contribution is 9.10. The lowest BCUT2D eigenvalue weighted by atomic mass is 10.3. The lowest BCUT2D eigenvalue weighted by molar-refractivity contribution is -0.274. The van der Waals surface area contributed by atoms with E-state index in [9.17, 15) is 22.8 Å². The molecule has 0 saturated heterocycles. The first-order valence-corrected chi connectivity index (χ1v) is 7.27. The van der Waals surface area contributed by atoms with E-state index in [1.54, 1.807) is 0 Å². The van der Waals surface area contributed by atoms with Crippen LogP contribution in [0.15, 0.2) is 22.7 Å². The van der Waals surface area contributed by atoms with Crippen LogP contribution < -0.4 is 10.1 Å². The van der Waals surface area contributed by atoms with Crippen LogP contribution in [0.2, 0.25) is 0 Å².